The van der Waals surface area contributed by atoms with E-state index in [1.165, 1.54) is 12.9 Å². The normalized spacial score (nSPS) is 4.71. The van der Waals surface area contributed by atoms with E-state index in [1.54, 1.807) is 0 Å². The first-order valence-corrected chi connectivity index (χ1v) is 1.55. The topological polar surface area (TPSA) is 60.2 Å². The molecule has 0 aliphatic rings. The van der Waals surface area contributed by atoms with Crippen molar-refractivity contribution in [3.63, 3.8) is 0 Å². The molecule has 0 rings (SSSR count). The summed E-state index contributed by atoms with van der Waals surface area (Å²) in [4.78, 5) is 17.8. The van der Waals surface area contributed by atoms with Gasteiger partial charge in [-0.05, 0) is 6.58 Å². The van der Waals surface area contributed by atoms with Crippen molar-refractivity contribution in [1.29, 1.82) is 0 Å². The molecule has 0 fully saturated rings. The molecule has 0 aliphatic carbocycles. The fourth-order valence-corrected chi connectivity index (χ4v) is 0. The van der Waals surface area contributed by atoms with Gasteiger partial charge in [0.2, 0.25) is 5.91 Å². The van der Waals surface area contributed by atoms with Gasteiger partial charge in [0.25, 0.3) is 0 Å². The average molecular weight is 101 g/mol. The van der Waals surface area contributed by atoms with Gasteiger partial charge in [0.05, 0.1) is 0 Å². The molecule has 0 radical (unpaired) electrons. The van der Waals surface area contributed by atoms with E-state index >= 15 is 0 Å². The maximum absolute atomic E-state index is 9.22. The van der Waals surface area contributed by atoms with Gasteiger partial charge >= 0.3 is 0 Å². The molecular formula is C4H7NO2. The molecule has 0 spiro atoms. The first kappa shape index (κ1) is 9.33. The van der Waals surface area contributed by atoms with Crippen LogP contribution < -0.4 is 5.73 Å². The summed E-state index contributed by atoms with van der Waals surface area (Å²) in [6, 6.07) is 0. The Morgan fingerprint density at radius 3 is 1.86 bits per heavy atom. The fourth-order valence-electron chi connectivity index (χ4n) is 0. The number of carbonyl (C=O) groups excluding carboxylic acids is 2. The van der Waals surface area contributed by atoms with Gasteiger partial charge in [-0.2, -0.15) is 0 Å². The maximum Gasteiger partial charge on any atom is 0.214 e. The van der Waals surface area contributed by atoms with Crippen molar-refractivity contribution < 1.29 is 9.59 Å². The average Bonchev–Trinajstić information content (AvgIpc) is 1.33. The number of nitrogens with two attached hydrogens (primary N) is 1. The van der Waals surface area contributed by atoms with E-state index in [4.69, 9.17) is 4.79 Å². The summed E-state index contributed by atoms with van der Waals surface area (Å²) >= 11 is 0. The smallest absolute Gasteiger partial charge is 0.214 e. The zero-order chi connectivity index (χ0) is 6.28. The highest BCUT2D eigenvalue weighted by Gasteiger charge is 1.61. The van der Waals surface area contributed by atoms with Crippen LogP contribution >= 0.6 is 0 Å². The molecule has 40 valence electrons. The number of hydrogen-bond acceptors (Lipinski definition) is 2. The molecule has 0 bridgehead atoms. The molecule has 3 heteroatoms. The third kappa shape index (κ3) is 36.0. The van der Waals surface area contributed by atoms with E-state index in [1.807, 2.05) is 0 Å². The van der Waals surface area contributed by atoms with Crippen LogP contribution in [0.4, 0.5) is 0 Å². The van der Waals surface area contributed by atoms with Crippen LogP contribution in [0.5, 0.6) is 0 Å². The van der Waals surface area contributed by atoms with Gasteiger partial charge in [-0.25, -0.2) is 4.79 Å². The van der Waals surface area contributed by atoms with Crippen molar-refractivity contribution in [2.45, 2.75) is 6.92 Å². The first-order valence-electron chi connectivity index (χ1n) is 1.55. The lowest BCUT2D eigenvalue weighted by molar-refractivity contribution is -0.115. The summed E-state index contributed by atoms with van der Waals surface area (Å²) in [5.41, 5.74) is 4.47. The van der Waals surface area contributed by atoms with Gasteiger partial charge in [0.15, 0.2) is 0 Å². The van der Waals surface area contributed by atoms with E-state index in [0.29, 0.717) is 0 Å². The van der Waals surface area contributed by atoms with Gasteiger partial charge in [-0.1, -0.05) is 0 Å². The fraction of sp³-hybridized carbons (Fsp3) is 0.250. The van der Waals surface area contributed by atoms with Crippen LogP contribution in [0.25, 0.3) is 0 Å². The molecule has 0 aromatic rings. The minimum atomic E-state index is -0.333. The van der Waals surface area contributed by atoms with Gasteiger partial charge in [0, 0.05) is 6.92 Å². The highest BCUT2D eigenvalue weighted by Crippen LogP contribution is 1.33. The maximum atomic E-state index is 9.22. The number of primary amides is 1. The van der Waals surface area contributed by atoms with Gasteiger partial charge < -0.3 is 5.73 Å². The lowest BCUT2D eigenvalue weighted by atomic mass is 10.8. The van der Waals surface area contributed by atoms with Crippen LogP contribution in [0, 0.1) is 0 Å². The molecule has 0 saturated heterocycles. The van der Waals surface area contributed by atoms with E-state index in [-0.39, 0.29) is 5.91 Å². The predicted molar refractivity (Wildman–Crippen MR) is 26.2 cm³/mol. The quantitative estimate of drug-likeness (QED) is 0.418. The summed E-state index contributed by atoms with van der Waals surface area (Å²) in [6.45, 7) is 3.99. The molecule has 0 aliphatic heterocycles. The van der Waals surface area contributed by atoms with Crippen molar-refractivity contribution in [2.24, 2.45) is 5.73 Å². The first-order chi connectivity index (χ1) is 3.15. The summed E-state index contributed by atoms with van der Waals surface area (Å²) in [6.07, 6.45) is 0. The van der Waals surface area contributed by atoms with Gasteiger partial charge in [0.1, 0.15) is 5.94 Å². The largest absolute Gasteiger partial charge is 0.370 e. The van der Waals surface area contributed by atoms with Crippen LogP contribution in [0.15, 0.2) is 6.58 Å². The highest BCUT2D eigenvalue weighted by molar-refractivity contribution is 5.70. The monoisotopic (exact) mass is 101 g/mol. The SMILES string of the molecule is C=C=O.CC(N)=O. The third-order valence-electron chi connectivity index (χ3n) is 0. The summed E-state index contributed by atoms with van der Waals surface area (Å²) in [5, 5.41) is 0. The summed E-state index contributed by atoms with van der Waals surface area (Å²) in [5.74, 6) is 0.917. The van der Waals surface area contributed by atoms with Crippen molar-refractivity contribution in [3.05, 3.63) is 6.58 Å². The Morgan fingerprint density at radius 1 is 1.86 bits per heavy atom. The lowest BCUT2D eigenvalue weighted by Gasteiger charge is -1.60. The van der Waals surface area contributed by atoms with Crippen LogP contribution in [-0.4, -0.2) is 11.8 Å². The Kier molecular flexibility index (Phi) is 11.8. The predicted octanol–water partition coefficient (Wildman–Crippen LogP) is -0.504. The minimum Gasteiger partial charge on any atom is -0.370 e. The number of rotatable bonds is 0. The molecule has 0 atom stereocenters. The second-order valence-corrected chi connectivity index (χ2v) is 0.755. The molecule has 0 aromatic heterocycles. The van der Waals surface area contributed by atoms with Crippen LogP contribution in [0.3, 0.4) is 0 Å². The van der Waals surface area contributed by atoms with E-state index in [9.17, 15) is 4.79 Å². The molecule has 0 unspecified atom stereocenters. The molecular weight excluding hydrogens is 94.0 g/mol. The van der Waals surface area contributed by atoms with Crippen molar-refractivity contribution in [2.75, 3.05) is 0 Å². The number of amides is 1. The standard InChI is InChI=1S/C2H5NO.C2H2O/c1-2(3)4;1-2-3/h1H3,(H2,3,4);1H2. The van der Waals surface area contributed by atoms with E-state index < -0.39 is 0 Å². The van der Waals surface area contributed by atoms with Gasteiger partial charge in [-0.3, -0.25) is 4.79 Å². The third-order valence-corrected chi connectivity index (χ3v) is 0. The van der Waals surface area contributed by atoms with E-state index in [0.717, 1.165) is 0 Å². The Labute approximate surface area is 41.8 Å². The number of carbonyl (C=O) groups is 1. The molecule has 0 saturated carbocycles. The summed E-state index contributed by atoms with van der Waals surface area (Å²) < 4.78 is 0. The molecule has 2 N–H and O–H groups in total. The van der Waals surface area contributed by atoms with Gasteiger partial charge in [-0.15, -0.1) is 0 Å². The van der Waals surface area contributed by atoms with Crippen molar-refractivity contribution in [1.82, 2.24) is 0 Å². The van der Waals surface area contributed by atoms with Crippen LogP contribution in [-0.2, 0) is 9.59 Å². The zero-order valence-electron chi connectivity index (χ0n) is 4.10. The second kappa shape index (κ2) is 8.87. The molecule has 1 amide bonds. The minimum absolute atomic E-state index is 0.333. The van der Waals surface area contributed by atoms with Crippen LogP contribution in [0.1, 0.15) is 6.92 Å². The Bertz CT molecular complexity index is 77.7. The second-order valence-electron chi connectivity index (χ2n) is 0.755. The molecule has 0 aromatic carbocycles. The molecule has 0 heterocycles. The zero-order valence-corrected chi connectivity index (χ0v) is 4.10. The Hall–Kier alpha value is -1.08. The highest BCUT2D eigenvalue weighted by atomic mass is 16.1. The Morgan fingerprint density at radius 2 is 1.86 bits per heavy atom. The molecule has 3 nitrogen and oxygen atoms in total. The van der Waals surface area contributed by atoms with Crippen molar-refractivity contribution in [3.8, 4) is 0 Å². The van der Waals surface area contributed by atoms with Crippen LogP contribution in [0.2, 0.25) is 0 Å². The van der Waals surface area contributed by atoms with E-state index in [2.05, 4.69) is 12.3 Å². The Balaban J connectivity index is 0. The summed E-state index contributed by atoms with van der Waals surface area (Å²) in [7, 11) is 0. The van der Waals surface area contributed by atoms with Crippen molar-refractivity contribution >= 4 is 11.8 Å². The number of hydrogen-bond donors (Lipinski definition) is 1. The lowest BCUT2D eigenvalue weighted by Crippen LogP contribution is -2.01. The molecule has 7 heavy (non-hydrogen) atoms.